The van der Waals surface area contributed by atoms with E-state index in [4.69, 9.17) is 0 Å². The van der Waals surface area contributed by atoms with Crippen molar-refractivity contribution in [1.29, 1.82) is 0 Å². The first kappa shape index (κ1) is 25.1. The Hall–Kier alpha value is -2.48. The van der Waals surface area contributed by atoms with Gasteiger partial charge >= 0.3 is 0 Å². The van der Waals surface area contributed by atoms with Crippen LogP contribution < -0.4 is 0 Å². The molecule has 2 heteroatoms. The van der Waals surface area contributed by atoms with Gasteiger partial charge in [0.1, 0.15) is 0 Å². The molecule has 0 aliphatic rings. The molecular weight excluding hydrogens is 410 g/mol. The van der Waals surface area contributed by atoms with E-state index >= 15 is 8.78 Å². The molecule has 0 atom stereocenters. The van der Waals surface area contributed by atoms with Crippen LogP contribution in [0.25, 0.3) is 22.3 Å². The molecule has 0 amide bonds. The van der Waals surface area contributed by atoms with Gasteiger partial charge in [-0.2, -0.15) is 0 Å². The minimum Gasteiger partial charge on any atom is -0.203 e. The van der Waals surface area contributed by atoms with Crippen LogP contribution in [0.2, 0.25) is 0 Å². The molecule has 0 saturated heterocycles. The van der Waals surface area contributed by atoms with Gasteiger partial charge in [-0.25, -0.2) is 8.78 Å². The molecule has 0 aliphatic carbocycles. The van der Waals surface area contributed by atoms with Crippen LogP contribution in [0, 0.1) is 17.0 Å². The van der Waals surface area contributed by atoms with Crippen molar-refractivity contribution in [3.63, 3.8) is 0 Å². The lowest BCUT2D eigenvalue weighted by atomic mass is 9.88. The molecule has 0 heterocycles. The van der Waals surface area contributed by atoms with Gasteiger partial charge in [-0.1, -0.05) is 114 Å². The van der Waals surface area contributed by atoms with E-state index in [-0.39, 0.29) is 5.41 Å². The molecule has 0 aromatic heterocycles. The normalized spacial score (nSPS) is 11.7. The lowest BCUT2D eigenvalue weighted by Gasteiger charge is -2.17. The van der Waals surface area contributed by atoms with Gasteiger partial charge in [0.25, 0.3) is 0 Å². The fourth-order valence-electron chi connectivity index (χ4n) is 4.15. The first-order valence-corrected chi connectivity index (χ1v) is 12.4. The summed E-state index contributed by atoms with van der Waals surface area (Å²) < 4.78 is 30.0. The predicted octanol–water partition coefficient (Wildman–Crippen LogP) is 9.79. The zero-order valence-corrected chi connectivity index (χ0v) is 20.7. The van der Waals surface area contributed by atoms with Gasteiger partial charge in [-0.05, 0) is 53.4 Å². The van der Waals surface area contributed by atoms with Gasteiger partial charge in [0, 0.05) is 11.1 Å². The molecule has 0 saturated carbocycles. The van der Waals surface area contributed by atoms with Crippen molar-refractivity contribution in [2.75, 3.05) is 0 Å². The SMILES string of the molecule is CCCCCCCc1ccc(-c2ccc(-c3ccc(CCC(C)(C)C)cc3)c(F)c2F)cc1. The Morgan fingerprint density at radius 2 is 1.03 bits per heavy atom. The van der Waals surface area contributed by atoms with Crippen LogP contribution in [0.15, 0.2) is 60.7 Å². The third-order valence-corrected chi connectivity index (χ3v) is 6.34. The van der Waals surface area contributed by atoms with Gasteiger partial charge in [0.05, 0.1) is 0 Å². The van der Waals surface area contributed by atoms with Crippen LogP contribution in [0.1, 0.15) is 77.3 Å². The van der Waals surface area contributed by atoms with Gasteiger partial charge in [-0.15, -0.1) is 0 Å². The van der Waals surface area contributed by atoms with Crippen LogP contribution in [-0.2, 0) is 12.8 Å². The summed E-state index contributed by atoms with van der Waals surface area (Å²) in [5.41, 5.74) is 4.78. The highest BCUT2D eigenvalue weighted by atomic mass is 19.2. The highest BCUT2D eigenvalue weighted by Gasteiger charge is 2.16. The smallest absolute Gasteiger partial charge is 0.167 e. The molecular formula is C31H38F2. The van der Waals surface area contributed by atoms with Crippen molar-refractivity contribution in [2.24, 2.45) is 5.41 Å². The van der Waals surface area contributed by atoms with Gasteiger partial charge < -0.3 is 0 Å². The molecule has 0 bridgehead atoms. The summed E-state index contributed by atoms with van der Waals surface area (Å²) in [7, 11) is 0. The van der Waals surface area contributed by atoms with Gasteiger partial charge in [0.2, 0.25) is 0 Å². The average Bonchev–Trinajstić information content (AvgIpc) is 2.80. The fourth-order valence-corrected chi connectivity index (χ4v) is 4.15. The molecule has 3 aromatic rings. The lowest BCUT2D eigenvalue weighted by Crippen LogP contribution is -2.06. The van der Waals surface area contributed by atoms with E-state index in [2.05, 4.69) is 27.7 Å². The minimum atomic E-state index is -0.782. The van der Waals surface area contributed by atoms with Crippen molar-refractivity contribution in [1.82, 2.24) is 0 Å². The summed E-state index contributed by atoms with van der Waals surface area (Å²) in [4.78, 5) is 0. The van der Waals surface area contributed by atoms with E-state index < -0.39 is 11.6 Å². The average molecular weight is 449 g/mol. The van der Waals surface area contributed by atoms with Crippen LogP contribution in [0.3, 0.4) is 0 Å². The highest BCUT2D eigenvalue weighted by Crippen LogP contribution is 2.32. The number of hydrogen-bond acceptors (Lipinski definition) is 0. The second-order valence-corrected chi connectivity index (χ2v) is 10.4. The topological polar surface area (TPSA) is 0 Å². The number of benzene rings is 3. The van der Waals surface area contributed by atoms with E-state index in [1.807, 2.05) is 48.5 Å². The quantitative estimate of drug-likeness (QED) is 0.271. The second kappa shape index (κ2) is 11.6. The van der Waals surface area contributed by atoms with Crippen LogP contribution >= 0.6 is 0 Å². The highest BCUT2D eigenvalue weighted by molar-refractivity contribution is 5.72. The Morgan fingerprint density at radius 3 is 1.48 bits per heavy atom. The van der Waals surface area contributed by atoms with Crippen LogP contribution in [0.5, 0.6) is 0 Å². The molecule has 3 rings (SSSR count). The summed E-state index contributed by atoms with van der Waals surface area (Å²) in [5, 5.41) is 0. The molecule has 0 unspecified atom stereocenters. The Balaban J connectivity index is 1.70. The van der Waals surface area contributed by atoms with E-state index in [9.17, 15) is 0 Å². The third-order valence-electron chi connectivity index (χ3n) is 6.34. The maximum Gasteiger partial charge on any atom is 0.167 e. The zero-order valence-electron chi connectivity index (χ0n) is 20.7. The predicted molar refractivity (Wildman–Crippen MR) is 137 cm³/mol. The van der Waals surface area contributed by atoms with Crippen LogP contribution in [0.4, 0.5) is 8.78 Å². The summed E-state index contributed by atoms with van der Waals surface area (Å²) in [6.45, 7) is 8.90. The maximum absolute atomic E-state index is 15.0. The largest absolute Gasteiger partial charge is 0.203 e. The first-order chi connectivity index (χ1) is 15.8. The summed E-state index contributed by atoms with van der Waals surface area (Å²) in [6.07, 6.45) is 9.34. The van der Waals surface area contributed by atoms with Crippen molar-refractivity contribution in [3.05, 3.63) is 83.4 Å². The maximum atomic E-state index is 15.0. The standard InChI is InChI=1S/C31H38F2/c1-5-6-7-8-9-10-23-11-15-25(16-12-23)27-19-20-28(30(33)29(27)32)26-17-13-24(14-18-26)21-22-31(2,3)4/h11-20H,5-10,21-22H2,1-4H3. The number of halogens is 2. The van der Waals surface area contributed by atoms with E-state index in [0.29, 0.717) is 22.3 Å². The monoisotopic (exact) mass is 448 g/mol. The summed E-state index contributed by atoms with van der Waals surface area (Å²) >= 11 is 0. The first-order valence-electron chi connectivity index (χ1n) is 12.4. The molecule has 0 nitrogen and oxygen atoms in total. The second-order valence-electron chi connectivity index (χ2n) is 10.4. The summed E-state index contributed by atoms with van der Waals surface area (Å²) in [6, 6.07) is 19.1. The third kappa shape index (κ3) is 7.25. The number of unbranched alkanes of at least 4 members (excludes halogenated alkanes) is 4. The molecule has 0 radical (unpaired) electrons. The Bertz CT molecular complexity index is 1010. The van der Waals surface area contributed by atoms with Gasteiger partial charge in [0.15, 0.2) is 11.6 Å². The number of rotatable bonds is 10. The van der Waals surface area contributed by atoms with Crippen molar-refractivity contribution >= 4 is 0 Å². The van der Waals surface area contributed by atoms with Crippen LogP contribution in [-0.4, -0.2) is 0 Å². The fraction of sp³-hybridized carbons (Fsp3) is 0.419. The zero-order chi connectivity index (χ0) is 23.8. The lowest BCUT2D eigenvalue weighted by molar-refractivity contribution is 0.378. The van der Waals surface area contributed by atoms with Crippen molar-refractivity contribution in [2.45, 2.75) is 79.1 Å². The Kier molecular flexibility index (Phi) is 8.83. The van der Waals surface area contributed by atoms with Crippen molar-refractivity contribution in [3.8, 4) is 22.3 Å². The van der Waals surface area contributed by atoms with Gasteiger partial charge in [-0.3, -0.25) is 0 Å². The number of aryl methyl sites for hydroxylation is 2. The van der Waals surface area contributed by atoms with E-state index in [1.165, 1.54) is 43.2 Å². The molecule has 0 N–H and O–H groups in total. The Morgan fingerprint density at radius 1 is 0.576 bits per heavy atom. The van der Waals surface area contributed by atoms with E-state index in [1.54, 1.807) is 12.1 Å². The molecule has 0 fully saturated rings. The molecule has 3 aromatic carbocycles. The molecule has 0 aliphatic heterocycles. The summed E-state index contributed by atoms with van der Waals surface area (Å²) in [5.74, 6) is -1.56. The molecule has 176 valence electrons. The minimum absolute atomic E-state index is 0.274. The molecule has 0 spiro atoms. The molecule has 33 heavy (non-hydrogen) atoms. The number of hydrogen-bond donors (Lipinski definition) is 0. The van der Waals surface area contributed by atoms with Crippen molar-refractivity contribution < 1.29 is 8.78 Å². The van der Waals surface area contributed by atoms with E-state index in [0.717, 1.165) is 19.3 Å². The Labute approximate surface area is 199 Å².